The second-order valence-corrected chi connectivity index (χ2v) is 5.44. The normalized spacial score (nSPS) is 17.7. The smallest absolute Gasteiger partial charge is 0.224 e. The molecular weight excluding hydrogens is 281 g/mol. The van der Waals surface area contributed by atoms with E-state index in [1.807, 2.05) is 13.1 Å². The van der Waals surface area contributed by atoms with E-state index in [0.717, 1.165) is 30.9 Å². The molecule has 116 valence electrons. The molecule has 1 saturated heterocycles. The number of likely N-dealkylation sites (N-methyl/N-ethyl adjacent to an activating group) is 1. The number of nitrogens with one attached hydrogen (secondary N) is 2. The molecule has 2 aromatic rings. The van der Waals surface area contributed by atoms with E-state index < -0.39 is 0 Å². The van der Waals surface area contributed by atoms with Crippen LogP contribution in [0.15, 0.2) is 36.5 Å². The van der Waals surface area contributed by atoms with Crippen LogP contribution in [0.1, 0.15) is 12.0 Å². The second-order valence-electron chi connectivity index (χ2n) is 5.44. The average Bonchev–Trinajstić information content (AvgIpc) is 3.04. The molecule has 0 saturated carbocycles. The van der Waals surface area contributed by atoms with Crippen molar-refractivity contribution in [2.45, 2.75) is 19.0 Å². The summed E-state index contributed by atoms with van der Waals surface area (Å²) >= 11 is 0. The molecule has 1 aliphatic heterocycles. The maximum Gasteiger partial charge on any atom is 0.224 e. The van der Waals surface area contributed by atoms with Crippen molar-refractivity contribution in [1.29, 1.82) is 0 Å². The van der Waals surface area contributed by atoms with Crippen LogP contribution in [0.3, 0.4) is 0 Å². The van der Waals surface area contributed by atoms with Crippen molar-refractivity contribution in [1.82, 2.24) is 15.3 Å². The number of hydrogen-bond donors (Lipinski definition) is 2. The van der Waals surface area contributed by atoms with Crippen molar-refractivity contribution in [3.8, 4) is 0 Å². The Balaban J connectivity index is 1.63. The van der Waals surface area contributed by atoms with Crippen LogP contribution in [-0.4, -0.2) is 36.1 Å². The van der Waals surface area contributed by atoms with Crippen LogP contribution in [0.5, 0.6) is 0 Å². The van der Waals surface area contributed by atoms with Gasteiger partial charge in [0.25, 0.3) is 0 Å². The molecule has 22 heavy (non-hydrogen) atoms. The molecule has 2 heterocycles. The molecular formula is C16H20FN5. The molecule has 6 heteroatoms. The highest BCUT2D eigenvalue weighted by molar-refractivity contribution is 5.44. The lowest BCUT2D eigenvalue weighted by molar-refractivity contribution is 0.616. The molecule has 3 rings (SSSR count). The van der Waals surface area contributed by atoms with Crippen LogP contribution in [0, 0.1) is 5.82 Å². The Labute approximate surface area is 129 Å². The lowest BCUT2D eigenvalue weighted by Crippen LogP contribution is -2.29. The quantitative estimate of drug-likeness (QED) is 0.885. The van der Waals surface area contributed by atoms with Crippen molar-refractivity contribution in [2.24, 2.45) is 0 Å². The number of halogens is 1. The molecule has 5 nitrogen and oxygen atoms in total. The lowest BCUT2D eigenvalue weighted by Gasteiger charge is -2.18. The van der Waals surface area contributed by atoms with Gasteiger partial charge in [0, 0.05) is 31.9 Å². The summed E-state index contributed by atoms with van der Waals surface area (Å²) in [6.45, 7) is 2.54. The van der Waals surface area contributed by atoms with Gasteiger partial charge in [-0.15, -0.1) is 0 Å². The third-order valence-electron chi connectivity index (χ3n) is 3.93. The van der Waals surface area contributed by atoms with Crippen molar-refractivity contribution >= 4 is 11.8 Å². The van der Waals surface area contributed by atoms with E-state index in [9.17, 15) is 4.39 Å². The second kappa shape index (κ2) is 6.70. The minimum absolute atomic E-state index is 0.227. The fourth-order valence-corrected chi connectivity index (χ4v) is 2.60. The maximum atomic E-state index is 12.9. The first-order valence-electron chi connectivity index (χ1n) is 7.48. The summed E-state index contributed by atoms with van der Waals surface area (Å²) in [7, 11) is 1.99. The minimum atomic E-state index is -0.227. The largest absolute Gasteiger partial charge is 0.355 e. The fraction of sp³-hybridized carbons (Fsp3) is 0.375. The van der Waals surface area contributed by atoms with E-state index in [4.69, 9.17) is 0 Å². The summed E-state index contributed by atoms with van der Waals surface area (Å²) in [5.74, 6) is 1.30. The van der Waals surface area contributed by atoms with E-state index in [-0.39, 0.29) is 5.82 Å². The summed E-state index contributed by atoms with van der Waals surface area (Å²) < 4.78 is 12.9. The summed E-state index contributed by atoms with van der Waals surface area (Å²) in [6, 6.07) is 8.87. The number of nitrogens with zero attached hydrogens (tertiary/aromatic N) is 3. The summed E-state index contributed by atoms with van der Waals surface area (Å²) in [6.07, 6.45) is 2.89. The van der Waals surface area contributed by atoms with Crippen molar-refractivity contribution in [3.63, 3.8) is 0 Å². The maximum absolute atomic E-state index is 12.9. The van der Waals surface area contributed by atoms with Crippen LogP contribution in [0.2, 0.25) is 0 Å². The molecule has 1 aromatic heterocycles. The van der Waals surface area contributed by atoms with Crippen LogP contribution < -0.4 is 15.5 Å². The van der Waals surface area contributed by atoms with Gasteiger partial charge in [-0.25, -0.2) is 9.37 Å². The van der Waals surface area contributed by atoms with Gasteiger partial charge in [0.2, 0.25) is 5.95 Å². The average molecular weight is 301 g/mol. The van der Waals surface area contributed by atoms with Crippen molar-refractivity contribution in [3.05, 3.63) is 47.9 Å². The van der Waals surface area contributed by atoms with Gasteiger partial charge >= 0.3 is 0 Å². The molecule has 1 atom stereocenters. The molecule has 2 N–H and O–H groups in total. The van der Waals surface area contributed by atoms with Crippen molar-refractivity contribution < 1.29 is 4.39 Å². The molecule has 0 radical (unpaired) electrons. The Kier molecular flexibility index (Phi) is 4.48. The molecule has 1 unspecified atom stereocenters. The van der Waals surface area contributed by atoms with E-state index in [1.54, 1.807) is 18.3 Å². The predicted octanol–water partition coefficient (Wildman–Crippen LogP) is 2.03. The SMILES string of the molecule is CNC1CCN(c2ccnc(NCc3ccc(F)cc3)n2)C1. The van der Waals surface area contributed by atoms with Crippen LogP contribution in [0.25, 0.3) is 0 Å². The van der Waals surface area contributed by atoms with Gasteiger partial charge in [0.15, 0.2) is 0 Å². The Hall–Kier alpha value is -2.21. The van der Waals surface area contributed by atoms with E-state index >= 15 is 0 Å². The van der Waals surface area contributed by atoms with Gasteiger partial charge in [0.1, 0.15) is 11.6 Å². The first-order chi connectivity index (χ1) is 10.7. The third kappa shape index (κ3) is 3.51. The zero-order valence-corrected chi connectivity index (χ0v) is 12.6. The lowest BCUT2D eigenvalue weighted by atomic mass is 10.2. The molecule has 0 bridgehead atoms. The highest BCUT2D eigenvalue weighted by atomic mass is 19.1. The minimum Gasteiger partial charge on any atom is -0.355 e. The zero-order valence-electron chi connectivity index (χ0n) is 12.6. The Morgan fingerprint density at radius 3 is 2.82 bits per heavy atom. The highest BCUT2D eigenvalue weighted by Crippen LogP contribution is 2.18. The standard InChI is InChI=1S/C16H20FN5/c1-18-14-7-9-22(11-14)15-6-8-19-16(21-15)20-10-12-2-4-13(17)5-3-12/h2-6,8,14,18H,7,9-11H2,1H3,(H,19,20,21). The Morgan fingerprint density at radius 2 is 2.09 bits per heavy atom. The Morgan fingerprint density at radius 1 is 1.27 bits per heavy atom. The number of benzene rings is 1. The summed E-state index contributed by atoms with van der Waals surface area (Å²) in [4.78, 5) is 11.1. The van der Waals surface area contributed by atoms with Crippen LogP contribution in [-0.2, 0) is 6.54 Å². The number of hydrogen-bond acceptors (Lipinski definition) is 5. The van der Waals surface area contributed by atoms with Gasteiger partial charge in [-0.05, 0) is 37.2 Å². The summed E-state index contributed by atoms with van der Waals surface area (Å²) in [5.41, 5.74) is 0.992. The third-order valence-corrected chi connectivity index (χ3v) is 3.93. The van der Waals surface area contributed by atoms with Crippen LogP contribution >= 0.6 is 0 Å². The first kappa shape index (κ1) is 14.7. The zero-order chi connectivity index (χ0) is 15.4. The number of aromatic nitrogens is 2. The van der Waals surface area contributed by atoms with Gasteiger partial charge in [-0.1, -0.05) is 12.1 Å². The van der Waals surface area contributed by atoms with Gasteiger partial charge in [-0.3, -0.25) is 0 Å². The predicted molar refractivity (Wildman–Crippen MR) is 85.4 cm³/mol. The van der Waals surface area contributed by atoms with Crippen LogP contribution in [0.4, 0.5) is 16.2 Å². The van der Waals surface area contributed by atoms with E-state index in [1.165, 1.54) is 12.1 Å². The highest BCUT2D eigenvalue weighted by Gasteiger charge is 2.22. The van der Waals surface area contributed by atoms with Gasteiger partial charge in [0.05, 0.1) is 0 Å². The fourth-order valence-electron chi connectivity index (χ4n) is 2.60. The molecule has 0 aliphatic carbocycles. The van der Waals surface area contributed by atoms with E-state index in [0.29, 0.717) is 18.5 Å². The Bertz CT molecular complexity index is 616. The number of anilines is 2. The monoisotopic (exact) mass is 301 g/mol. The molecule has 1 fully saturated rings. The molecule has 1 aliphatic rings. The van der Waals surface area contributed by atoms with E-state index in [2.05, 4.69) is 25.5 Å². The molecule has 0 amide bonds. The first-order valence-corrected chi connectivity index (χ1v) is 7.48. The topological polar surface area (TPSA) is 53.1 Å². The number of rotatable bonds is 5. The molecule has 0 spiro atoms. The summed E-state index contributed by atoms with van der Waals surface area (Å²) in [5, 5.41) is 6.48. The van der Waals surface area contributed by atoms with Crippen molar-refractivity contribution in [2.75, 3.05) is 30.4 Å². The molecule has 1 aromatic carbocycles. The van der Waals surface area contributed by atoms with Gasteiger partial charge < -0.3 is 15.5 Å². The van der Waals surface area contributed by atoms with Gasteiger partial charge in [-0.2, -0.15) is 4.98 Å².